The molecule has 2 heterocycles. The lowest BCUT2D eigenvalue weighted by atomic mass is 9.93. The van der Waals surface area contributed by atoms with Crippen LogP contribution >= 0.6 is 11.3 Å². The lowest BCUT2D eigenvalue weighted by Crippen LogP contribution is -2.36. The van der Waals surface area contributed by atoms with Gasteiger partial charge in [0.1, 0.15) is 23.4 Å². The highest BCUT2D eigenvalue weighted by Gasteiger charge is 2.34. The molecule has 196 valence electrons. The number of hydrogen-bond donors (Lipinski definition) is 0. The number of benzene rings is 2. The number of rotatable bonds is 9. The van der Waals surface area contributed by atoms with Crippen LogP contribution in [0.25, 0.3) is 0 Å². The second kappa shape index (κ2) is 11.2. The molecule has 0 spiro atoms. The molecule has 0 bridgehead atoms. The maximum Gasteiger partial charge on any atom is 0.293 e. The third-order valence-corrected chi connectivity index (χ3v) is 10.00. The molecule has 37 heavy (non-hydrogen) atoms. The van der Waals surface area contributed by atoms with Crippen LogP contribution in [0.1, 0.15) is 63.0 Å². The number of ether oxygens (including phenoxy) is 2. The van der Waals surface area contributed by atoms with Crippen molar-refractivity contribution in [3.63, 3.8) is 0 Å². The van der Waals surface area contributed by atoms with Crippen molar-refractivity contribution in [2.24, 2.45) is 0 Å². The van der Waals surface area contributed by atoms with Crippen LogP contribution in [0.15, 0.2) is 53.4 Å². The zero-order chi connectivity index (χ0) is 26.7. The smallest absolute Gasteiger partial charge is 0.293 e. The molecule has 7 nitrogen and oxygen atoms in total. The summed E-state index contributed by atoms with van der Waals surface area (Å²) in [7, 11) is -3.79. The van der Waals surface area contributed by atoms with Gasteiger partial charge in [0.2, 0.25) is 10.0 Å². The molecule has 3 aromatic rings. The van der Waals surface area contributed by atoms with E-state index in [2.05, 4.69) is 0 Å². The van der Waals surface area contributed by atoms with Crippen molar-refractivity contribution in [2.75, 3.05) is 13.2 Å². The Morgan fingerprint density at radius 3 is 2.62 bits per heavy atom. The van der Waals surface area contributed by atoms with Crippen molar-refractivity contribution in [1.29, 1.82) is 0 Å². The Balaban J connectivity index is 1.73. The Morgan fingerprint density at radius 1 is 1.19 bits per heavy atom. The van der Waals surface area contributed by atoms with Crippen molar-refractivity contribution in [3.05, 3.63) is 80.5 Å². The number of thiophene rings is 1. The number of aryl methyl sites for hydroxylation is 2. The summed E-state index contributed by atoms with van der Waals surface area (Å²) in [5.74, 6) is 0.0806. The highest BCUT2D eigenvalue weighted by Crippen LogP contribution is 2.36. The number of carbonyl (C=O) groups is 2. The van der Waals surface area contributed by atoms with E-state index < -0.39 is 10.0 Å². The SMILES string of the molecule is CC[C@@H]1CN(Cc2cc(C(COC=O)c3sc(C(C)=O)cc3C)ccc2C)S(=O)(=O)c2ccccc2O1. The maximum atomic E-state index is 13.7. The molecule has 9 heteroatoms. The number of Topliss-reactive ketones (excluding diaryl/α,β-unsaturated/α-hetero) is 1. The van der Waals surface area contributed by atoms with Gasteiger partial charge in [-0.1, -0.05) is 37.3 Å². The molecule has 0 fully saturated rings. The predicted molar refractivity (Wildman–Crippen MR) is 143 cm³/mol. The molecule has 4 rings (SSSR count). The van der Waals surface area contributed by atoms with E-state index in [-0.39, 0.29) is 42.4 Å². The van der Waals surface area contributed by atoms with Crippen molar-refractivity contribution < 1.29 is 27.5 Å². The van der Waals surface area contributed by atoms with Crippen LogP contribution in [0.5, 0.6) is 5.75 Å². The molecular weight excluding hydrogens is 510 g/mol. The van der Waals surface area contributed by atoms with E-state index in [0.717, 1.165) is 27.1 Å². The van der Waals surface area contributed by atoms with Gasteiger partial charge in [0.15, 0.2) is 5.78 Å². The minimum Gasteiger partial charge on any atom is -0.488 e. The number of carbonyl (C=O) groups excluding carboxylic acids is 2. The summed E-state index contributed by atoms with van der Waals surface area (Å²) >= 11 is 1.40. The summed E-state index contributed by atoms with van der Waals surface area (Å²) in [5, 5.41) is 0. The minimum atomic E-state index is -3.79. The van der Waals surface area contributed by atoms with Crippen LogP contribution in [0.3, 0.4) is 0 Å². The Kier molecular flexibility index (Phi) is 8.16. The van der Waals surface area contributed by atoms with Gasteiger partial charge in [0.05, 0.1) is 17.3 Å². The quantitative estimate of drug-likeness (QED) is 0.272. The molecule has 1 aliphatic rings. The molecule has 1 unspecified atom stereocenters. The zero-order valence-corrected chi connectivity index (χ0v) is 23.0. The van der Waals surface area contributed by atoms with Crippen LogP contribution in [-0.2, 0) is 26.1 Å². The lowest BCUT2D eigenvalue weighted by Gasteiger charge is -2.24. The Morgan fingerprint density at radius 2 is 1.95 bits per heavy atom. The largest absolute Gasteiger partial charge is 0.488 e. The molecule has 1 aliphatic heterocycles. The molecule has 0 amide bonds. The van der Waals surface area contributed by atoms with Crippen LogP contribution in [0.2, 0.25) is 0 Å². The molecular formula is C28H31NO6S2. The van der Waals surface area contributed by atoms with Crippen LogP contribution in [0, 0.1) is 13.8 Å². The number of nitrogens with zero attached hydrogens (tertiary/aromatic N) is 1. The van der Waals surface area contributed by atoms with Gasteiger partial charge in [0.25, 0.3) is 6.47 Å². The van der Waals surface area contributed by atoms with E-state index in [1.165, 1.54) is 22.6 Å². The topological polar surface area (TPSA) is 90.0 Å². The van der Waals surface area contributed by atoms with Gasteiger partial charge in [-0.25, -0.2) is 8.42 Å². The highest BCUT2D eigenvalue weighted by atomic mass is 32.2. The fourth-order valence-corrected chi connectivity index (χ4v) is 7.30. The molecule has 0 radical (unpaired) electrons. The number of ketones is 1. The van der Waals surface area contributed by atoms with E-state index in [1.807, 2.05) is 45.0 Å². The second-order valence-corrected chi connectivity index (χ2v) is 12.3. The van der Waals surface area contributed by atoms with E-state index in [1.54, 1.807) is 24.3 Å². The minimum absolute atomic E-state index is 0.0154. The summed E-state index contributed by atoms with van der Waals surface area (Å²) in [5.41, 5.74) is 3.64. The fourth-order valence-electron chi connectivity index (χ4n) is 4.55. The zero-order valence-electron chi connectivity index (χ0n) is 21.4. The average molecular weight is 542 g/mol. The van der Waals surface area contributed by atoms with Crippen molar-refractivity contribution in [3.8, 4) is 5.75 Å². The molecule has 2 atom stereocenters. The third-order valence-electron chi connectivity index (χ3n) is 6.70. The first-order valence-electron chi connectivity index (χ1n) is 12.2. The highest BCUT2D eigenvalue weighted by molar-refractivity contribution is 7.89. The molecule has 0 N–H and O–H groups in total. The molecule has 0 aliphatic carbocycles. The van der Waals surface area contributed by atoms with Gasteiger partial charge in [-0.05, 0) is 67.6 Å². The summed E-state index contributed by atoms with van der Waals surface area (Å²) in [6, 6.07) is 14.5. The monoisotopic (exact) mass is 541 g/mol. The van der Waals surface area contributed by atoms with E-state index in [4.69, 9.17) is 9.47 Å². The van der Waals surface area contributed by atoms with Crippen molar-refractivity contribution >= 4 is 33.6 Å². The Bertz CT molecular complexity index is 1410. The van der Waals surface area contributed by atoms with Crippen LogP contribution in [0.4, 0.5) is 0 Å². The summed E-state index contributed by atoms with van der Waals surface area (Å²) in [4.78, 5) is 24.8. The average Bonchev–Trinajstić information content (AvgIpc) is 3.22. The number of sulfonamides is 1. The first-order chi connectivity index (χ1) is 17.6. The van der Waals surface area contributed by atoms with Gasteiger partial charge in [0, 0.05) is 11.4 Å². The van der Waals surface area contributed by atoms with Gasteiger partial charge >= 0.3 is 0 Å². The van der Waals surface area contributed by atoms with Crippen LogP contribution in [-0.4, -0.2) is 44.2 Å². The summed E-state index contributed by atoms with van der Waals surface area (Å²) in [6.07, 6.45) is 0.398. The number of para-hydroxylation sites is 1. The molecule has 1 aromatic heterocycles. The number of fused-ring (bicyclic) bond motifs is 1. The number of hydrogen-bond acceptors (Lipinski definition) is 7. The van der Waals surface area contributed by atoms with Gasteiger partial charge in [-0.15, -0.1) is 11.3 Å². The predicted octanol–water partition coefficient (Wildman–Crippen LogP) is 5.23. The van der Waals surface area contributed by atoms with Gasteiger partial charge in [-0.3, -0.25) is 9.59 Å². The molecule has 0 saturated heterocycles. The molecule has 0 saturated carbocycles. The maximum absolute atomic E-state index is 13.7. The fraction of sp³-hybridized carbons (Fsp3) is 0.357. The van der Waals surface area contributed by atoms with Crippen molar-refractivity contribution in [2.45, 2.75) is 57.6 Å². The van der Waals surface area contributed by atoms with Gasteiger partial charge < -0.3 is 9.47 Å². The summed E-state index contributed by atoms with van der Waals surface area (Å²) in [6.45, 7) is 8.35. The Labute approximate surface area is 222 Å². The first-order valence-corrected chi connectivity index (χ1v) is 14.4. The standard InChI is InChI=1S/C28H31NO6S2/c1-5-23-15-29(37(32,33)27-9-7-6-8-25(27)35-23)14-22-13-21(11-10-18(22)2)24(16-34-17-30)28-19(3)12-26(36-28)20(4)31/h6-13,17,23-24H,5,14-16H2,1-4H3/t23-,24?/m1/s1. The molecule has 2 aromatic carbocycles. The third kappa shape index (κ3) is 5.63. The normalized spacial score (nSPS) is 17.8. The van der Waals surface area contributed by atoms with Crippen molar-refractivity contribution in [1.82, 2.24) is 4.31 Å². The summed E-state index contributed by atoms with van der Waals surface area (Å²) < 4.78 is 40.0. The van der Waals surface area contributed by atoms with E-state index >= 15 is 0 Å². The Hall–Kier alpha value is -3.01. The van der Waals surface area contributed by atoms with E-state index in [0.29, 0.717) is 23.5 Å². The van der Waals surface area contributed by atoms with E-state index in [9.17, 15) is 18.0 Å². The van der Waals surface area contributed by atoms with Crippen LogP contribution < -0.4 is 4.74 Å². The van der Waals surface area contributed by atoms with Gasteiger partial charge in [-0.2, -0.15) is 4.31 Å². The second-order valence-electron chi connectivity index (χ2n) is 9.27. The first kappa shape index (κ1) is 27.0. The lowest BCUT2D eigenvalue weighted by molar-refractivity contribution is -0.128.